The third kappa shape index (κ3) is 1.70. The summed E-state index contributed by atoms with van der Waals surface area (Å²) >= 11 is 4.77. The van der Waals surface area contributed by atoms with E-state index in [0.29, 0.717) is 5.11 Å². The van der Waals surface area contributed by atoms with Crippen molar-refractivity contribution in [3.63, 3.8) is 0 Å². The van der Waals surface area contributed by atoms with Gasteiger partial charge in [-0.1, -0.05) is 24.3 Å². The average Bonchev–Trinajstić information content (AvgIpc) is 2.44. The molecule has 2 rings (SSSR count). The molecule has 1 aromatic rings. The van der Waals surface area contributed by atoms with Crippen molar-refractivity contribution in [2.45, 2.75) is 6.42 Å². The van der Waals surface area contributed by atoms with E-state index in [9.17, 15) is 0 Å². The Bertz CT molecular complexity index is 382. The van der Waals surface area contributed by atoms with Gasteiger partial charge in [0.1, 0.15) is 0 Å². The van der Waals surface area contributed by atoms with Crippen LogP contribution in [0.3, 0.4) is 0 Å². The van der Waals surface area contributed by atoms with E-state index in [1.807, 2.05) is 12.1 Å². The summed E-state index contributed by atoms with van der Waals surface area (Å²) in [6, 6.07) is 8.26. The Kier molecular flexibility index (Phi) is 2.02. The van der Waals surface area contributed by atoms with Gasteiger partial charge in [-0.15, -0.1) is 0 Å². The van der Waals surface area contributed by atoms with Crippen molar-refractivity contribution in [3.05, 3.63) is 41.1 Å². The third-order valence-corrected chi connectivity index (χ3v) is 2.15. The van der Waals surface area contributed by atoms with Crippen molar-refractivity contribution in [1.82, 2.24) is 5.32 Å². The van der Waals surface area contributed by atoms with Gasteiger partial charge in [-0.05, 0) is 29.4 Å². The lowest BCUT2D eigenvalue weighted by Crippen LogP contribution is -2.28. The SMILES string of the molecule is NC(=S)NC1=Cc2ccccc2C1. The second-order valence-electron chi connectivity index (χ2n) is 3.03. The molecule has 2 nitrogen and oxygen atoms in total. The first-order valence-electron chi connectivity index (χ1n) is 4.10. The van der Waals surface area contributed by atoms with Crippen LogP contribution in [0.15, 0.2) is 30.0 Å². The number of hydrogen-bond donors (Lipinski definition) is 2. The van der Waals surface area contributed by atoms with Crippen molar-refractivity contribution < 1.29 is 0 Å². The van der Waals surface area contributed by atoms with Crippen LogP contribution in [0.5, 0.6) is 0 Å². The van der Waals surface area contributed by atoms with Gasteiger partial charge in [0.2, 0.25) is 0 Å². The minimum Gasteiger partial charge on any atom is -0.376 e. The largest absolute Gasteiger partial charge is 0.376 e. The standard InChI is InChI=1S/C10H10N2S/c11-10(13)12-9-5-7-3-1-2-4-8(7)6-9/h1-5H,6H2,(H3,11,12,13). The predicted octanol–water partition coefficient (Wildman–Crippen LogP) is 1.42. The Morgan fingerprint density at radius 3 is 2.85 bits per heavy atom. The number of allylic oxidation sites excluding steroid dienone is 1. The van der Waals surface area contributed by atoms with Crippen LogP contribution < -0.4 is 11.1 Å². The number of nitrogens with one attached hydrogen (secondary N) is 1. The van der Waals surface area contributed by atoms with Gasteiger partial charge in [-0.25, -0.2) is 0 Å². The van der Waals surface area contributed by atoms with Gasteiger partial charge in [-0.3, -0.25) is 0 Å². The number of benzene rings is 1. The fourth-order valence-electron chi connectivity index (χ4n) is 1.52. The van der Waals surface area contributed by atoms with Crippen LogP contribution >= 0.6 is 12.2 Å². The van der Waals surface area contributed by atoms with E-state index in [0.717, 1.165) is 12.1 Å². The van der Waals surface area contributed by atoms with E-state index in [-0.39, 0.29) is 0 Å². The quantitative estimate of drug-likeness (QED) is 0.658. The molecule has 1 aromatic carbocycles. The molecule has 0 unspecified atom stereocenters. The topological polar surface area (TPSA) is 38.0 Å². The smallest absolute Gasteiger partial charge is 0.167 e. The number of hydrogen-bond acceptors (Lipinski definition) is 1. The maximum absolute atomic E-state index is 5.39. The summed E-state index contributed by atoms with van der Waals surface area (Å²) in [5, 5.41) is 3.29. The summed E-state index contributed by atoms with van der Waals surface area (Å²) in [5.74, 6) is 0. The first-order valence-corrected chi connectivity index (χ1v) is 4.51. The molecule has 0 spiro atoms. The predicted molar refractivity (Wildman–Crippen MR) is 58.0 cm³/mol. The molecule has 0 fully saturated rings. The Balaban J connectivity index is 2.21. The molecule has 0 saturated heterocycles. The highest BCUT2D eigenvalue weighted by Gasteiger charge is 2.11. The molecule has 0 saturated carbocycles. The molecular weight excluding hydrogens is 180 g/mol. The first-order chi connectivity index (χ1) is 6.25. The van der Waals surface area contributed by atoms with Crippen LogP contribution in [0.25, 0.3) is 6.08 Å². The molecule has 3 N–H and O–H groups in total. The lowest BCUT2D eigenvalue weighted by atomic mass is 10.1. The van der Waals surface area contributed by atoms with Crippen LogP contribution in [0, 0.1) is 0 Å². The zero-order chi connectivity index (χ0) is 9.26. The molecule has 0 heterocycles. The molecule has 0 atom stereocenters. The molecule has 3 heteroatoms. The van der Waals surface area contributed by atoms with Crippen LogP contribution in [-0.4, -0.2) is 5.11 Å². The van der Waals surface area contributed by atoms with Gasteiger partial charge in [0.25, 0.3) is 0 Å². The number of nitrogens with two attached hydrogens (primary N) is 1. The Labute approximate surface area is 82.4 Å². The second kappa shape index (κ2) is 3.18. The third-order valence-electron chi connectivity index (χ3n) is 2.05. The van der Waals surface area contributed by atoms with E-state index in [4.69, 9.17) is 18.0 Å². The normalized spacial score (nSPS) is 13.4. The molecule has 0 aromatic heterocycles. The summed E-state index contributed by atoms with van der Waals surface area (Å²) in [6.45, 7) is 0. The summed E-state index contributed by atoms with van der Waals surface area (Å²) < 4.78 is 0. The lowest BCUT2D eigenvalue weighted by Gasteiger charge is -2.02. The van der Waals surface area contributed by atoms with Crippen molar-refractivity contribution in [1.29, 1.82) is 0 Å². The van der Waals surface area contributed by atoms with Crippen molar-refractivity contribution in [3.8, 4) is 0 Å². The summed E-state index contributed by atoms with van der Waals surface area (Å²) in [5.41, 5.74) is 9.04. The zero-order valence-electron chi connectivity index (χ0n) is 7.08. The molecular formula is C10H10N2S. The number of fused-ring (bicyclic) bond motifs is 1. The Hall–Kier alpha value is -1.35. The molecule has 1 aliphatic rings. The second-order valence-corrected chi connectivity index (χ2v) is 3.47. The van der Waals surface area contributed by atoms with E-state index in [1.165, 1.54) is 11.1 Å². The molecule has 0 bridgehead atoms. The highest BCUT2D eigenvalue weighted by atomic mass is 32.1. The number of rotatable bonds is 1. The first kappa shape index (κ1) is 8.26. The minimum absolute atomic E-state index is 0.332. The van der Waals surface area contributed by atoms with Crippen LogP contribution in [0.4, 0.5) is 0 Å². The van der Waals surface area contributed by atoms with Crippen molar-refractivity contribution in [2.24, 2.45) is 5.73 Å². The van der Waals surface area contributed by atoms with Gasteiger partial charge < -0.3 is 11.1 Å². The molecule has 1 aliphatic carbocycles. The van der Waals surface area contributed by atoms with Gasteiger partial charge in [0, 0.05) is 12.1 Å². The van der Waals surface area contributed by atoms with Gasteiger partial charge in [0.15, 0.2) is 5.11 Å². The highest BCUT2D eigenvalue weighted by molar-refractivity contribution is 7.80. The molecule has 0 radical (unpaired) electrons. The molecule has 13 heavy (non-hydrogen) atoms. The number of thiocarbonyl (C=S) groups is 1. The van der Waals surface area contributed by atoms with Crippen LogP contribution in [0.1, 0.15) is 11.1 Å². The maximum Gasteiger partial charge on any atom is 0.167 e. The molecule has 0 amide bonds. The summed E-state index contributed by atoms with van der Waals surface area (Å²) in [7, 11) is 0. The van der Waals surface area contributed by atoms with Crippen LogP contribution in [0.2, 0.25) is 0 Å². The van der Waals surface area contributed by atoms with Gasteiger partial charge in [0.05, 0.1) is 0 Å². The highest BCUT2D eigenvalue weighted by Crippen LogP contribution is 2.22. The maximum atomic E-state index is 5.39. The van der Waals surface area contributed by atoms with Crippen molar-refractivity contribution in [2.75, 3.05) is 0 Å². The van der Waals surface area contributed by atoms with E-state index in [1.54, 1.807) is 0 Å². The zero-order valence-corrected chi connectivity index (χ0v) is 7.90. The van der Waals surface area contributed by atoms with Gasteiger partial charge >= 0.3 is 0 Å². The van der Waals surface area contributed by atoms with E-state index < -0.39 is 0 Å². The van der Waals surface area contributed by atoms with Gasteiger partial charge in [-0.2, -0.15) is 0 Å². The monoisotopic (exact) mass is 190 g/mol. The minimum atomic E-state index is 0.332. The average molecular weight is 190 g/mol. The Morgan fingerprint density at radius 1 is 1.38 bits per heavy atom. The summed E-state index contributed by atoms with van der Waals surface area (Å²) in [6.07, 6.45) is 2.97. The molecule has 0 aliphatic heterocycles. The fraction of sp³-hybridized carbons (Fsp3) is 0.100. The van der Waals surface area contributed by atoms with Crippen molar-refractivity contribution >= 4 is 23.4 Å². The fourth-order valence-corrected chi connectivity index (χ4v) is 1.65. The lowest BCUT2D eigenvalue weighted by molar-refractivity contribution is 1.05. The molecule has 66 valence electrons. The summed E-state index contributed by atoms with van der Waals surface area (Å²) in [4.78, 5) is 0. The van der Waals surface area contributed by atoms with E-state index >= 15 is 0 Å². The van der Waals surface area contributed by atoms with E-state index in [2.05, 4.69) is 23.5 Å². The van der Waals surface area contributed by atoms with Crippen LogP contribution in [-0.2, 0) is 6.42 Å². The Morgan fingerprint density at radius 2 is 2.15 bits per heavy atom.